The first kappa shape index (κ1) is 25.8. The number of carboxylic acids is 1. The van der Waals surface area contributed by atoms with Crippen LogP contribution in [0.15, 0.2) is 42.5 Å². The number of fused-ring (bicyclic) bond motifs is 1. The summed E-state index contributed by atoms with van der Waals surface area (Å²) in [5, 5.41) is 12.5. The Morgan fingerprint density at radius 3 is 2.63 bits per heavy atom. The SMILES string of the molecule is Cc1[nH]c(C(=O)Nc2nc3c(OC(C)c4ccc(CN5CCOCC5)cc4)cc(C(=O)O)cc3s2)cc1F. The van der Waals surface area contributed by atoms with Crippen molar-refractivity contribution in [2.45, 2.75) is 26.5 Å². The van der Waals surface area contributed by atoms with Gasteiger partial charge in [0.15, 0.2) is 5.13 Å². The van der Waals surface area contributed by atoms with Crippen molar-refractivity contribution < 1.29 is 28.6 Å². The van der Waals surface area contributed by atoms with Gasteiger partial charge in [-0.1, -0.05) is 35.6 Å². The van der Waals surface area contributed by atoms with E-state index in [1.54, 1.807) is 0 Å². The fourth-order valence-corrected chi connectivity index (χ4v) is 5.17. The largest absolute Gasteiger partial charge is 0.484 e. The second-order valence-electron chi connectivity index (χ2n) is 9.15. The summed E-state index contributed by atoms with van der Waals surface area (Å²) in [6.07, 6.45) is -0.385. The monoisotopic (exact) mass is 538 g/mol. The standard InChI is InChI=1S/C27H27FN4O5S/c1-15-20(28)13-21(29-15)25(33)31-27-30-24-22(11-19(26(34)35)12-23(24)38-27)37-16(2)18-5-3-17(4-6-18)14-32-7-9-36-10-8-32/h3-6,11-13,16,29H,7-10,14H2,1-2H3,(H,34,35)(H,30,31,33). The fraction of sp³-hybridized carbons (Fsp3) is 0.296. The number of carbonyl (C=O) groups excluding carboxylic acids is 1. The molecule has 1 unspecified atom stereocenters. The number of aromatic carboxylic acids is 1. The number of carbonyl (C=O) groups is 2. The number of carboxylic acid groups (broad SMARTS) is 1. The number of amides is 1. The summed E-state index contributed by atoms with van der Waals surface area (Å²) in [5.41, 5.74) is 2.91. The predicted octanol–water partition coefficient (Wildman–Crippen LogP) is 4.99. The van der Waals surface area contributed by atoms with E-state index in [2.05, 4.69) is 32.3 Å². The van der Waals surface area contributed by atoms with E-state index in [4.69, 9.17) is 9.47 Å². The number of halogens is 1. The number of aryl methyl sites for hydroxylation is 1. The van der Waals surface area contributed by atoms with E-state index in [1.807, 2.05) is 19.1 Å². The highest BCUT2D eigenvalue weighted by molar-refractivity contribution is 7.22. The maximum absolute atomic E-state index is 13.7. The number of hydrogen-bond acceptors (Lipinski definition) is 7. The Hall–Kier alpha value is -3.80. The zero-order valence-electron chi connectivity index (χ0n) is 20.9. The number of benzene rings is 2. The Morgan fingerprint density at radius 1 is 1.24 bits per heavy atom. The summed E-state index contributed by atoms with van der Waals surface area (Å²) < 4.78 is 25.8. The lowest BCUT2D eigenvalue weighted by atomic mass is 10.1. The molecular formula is C27H27FN4O5S. The first-order valence-corrected chi connectivity index (χ1v) is 13.0. The highest BCUT2D eigenvalue weighted by Gasteiger charge is 2.20. The van der Waals surface area contributed by atoms with Gasteiger partial charge in [-0.3, -0.25) is 15.0 Å². The third-order valence-electron chi connectivity index (χ3n) is 6.39. The summed E-state index contributed by atoms with van der Waals surface area (Å²) in [4.78, 5) is 33.8. The van der Waals surface area contributed by atoms with Crippen LogP contribution in [0.1, 0.15) is 50.7 Å². The molecular weight excluding hydrogens is 511 g/mol. The van der Waals surface area contributed by atoms with Crippen molar-refractivity contribution in [2.75, 3.05) is 31.6 Å². The predicted molar refractivity (Wildman–Crippen MR) is 142 cm³/mol. The lowest BCUT2D eigenvalue weighted by Crippen LogP contribution is -2.35. The van der Waals surface area contributed by atoms with Crippen molar-refractivity contribution in [1.29, 1.82) is 0 Å². The van der Waals surface area contributed by atoms with Crippen LogP contribution in [0, 0.1) is 12.7 Å². The topological polar surface area (TPSA) is 117 Å². The summed E-state index contributed by atoms with van der Waals surface area (Å²) in [5.74, 6) is -1.87. The molecule has 0 radical (unpaired) electrons. The molecule has 5 rings (SSSR count). The molecule has 1 amide bonds. The smallest absolute Gasteiger partial charge is 0.335 e. The normalized spacial score (nSPS) is 14.9. The molecule has 198 valence electrons. The van der Waals surface area contributed by atoms with E-state index in [1.165, 1.54) is 24.6 Å². The van der Waals surface area contributed by atoms with Crippen molar-refractivity contribution >= 4 is 38.6 Å². The number of nitrogens with one attached hydrogen (secondary N) is 2. The number of aromatic nitrogens is 2. The molecule has 3 heterocycles. The van der Waals surface area contributed by atoms with Crippen molar-refractivity contribution in [3.8, 4) is 5.75 Å². The van der Waals surface area contributed by atoms with Gasteiger partial charge in [0.2, 0.25) is 0 Å². The number of thiazole rings is 1. The minimum Gasteiger partial charge on any atom is -0.484 e. The average molecular weight is 539 g/mol. The van der Waals surface area contributed by atoms with E-state index < -0.39 is 17.7 Å². The van der Waals surface area contributed by atoms with Crippen molar-refractivity contribution in [3.63, 3.8) is 0 Å². The molecule has 3 N–H and O–H groups in total. The van der Waals surface area contributed by atoms with Crippen LogP contribution in [0.2, 0.25) is 0 Å². The van der Waals surface area contributed by atoms with Crippen LogP contribution in [0.3, 0.4) is 0 Å². The molecule has 2 aromatic heterocycles. The molecule has 1 saturated heterocycles. The van der Waals surface area contributed by atoms with Crippen LogP contribution in [-0.4, -0.2) is 58.2 Å². The highest BCUT2D eigenvalue weighted by atomic mass is 32.1. The van der Waals surface area contributed by atoms with Gasteiger partial charge < -0.3 is 19.6 Å². The minimum absolute atomic E-state index is 0.0455. The minimum atomic E-state index is -1.10. The number of anilines is 1. The molecule has 9 nitrogen and oxygen atoms in total. The number of rotatable bonds is 8. The number of ether oxygens (including phenoxy) is 2. The molecule has 0 bridgehead atoms. The van der Waals surface area contributed by atoms with Crippen molar-refractivity contribution in [1.82, 2.24) is 14.9 Å². The van der Waals surface area contributed by atoms with Crippen LogP contribution in [0.4, 0.5) is 9.52 Å². The molecule has 2 aromatic carbocycles. The molecule has 0 aliphatic carbocycles. The Kier molecular flexibility index (Phi) is 7.41. The Bertz CT molecular complexity index is 1460. The highest BCUT2D eigenvalue weighted by Crippen LogP contribution is 2.36. The Balaban J connectivity index is 1.35. The zero-order chi connectivity index (χ0) is 26.8. The summed E-state index contributed by atoms with van der Waals surface area (Å²) in [6.45, 7) is 7.58. The molecule has 4 aromatic rings. The second-order valence-corrected chi connectivity index (χ2v) is 10.2. The molecule has 1 fully saturated rings. The van der Waals surface area contributed by atoms with E-state index in [-0.39, 0.29) is 28.2 Å². The Labute approximate surface area is 222 Å². The number of nitrogens with zero attached hydrogens (tertiary/aromatic N) is 2. The van der Waals surface area contributed by atoms with Gasteiger partial charge in [-0.15, -0.1) is 0 Å². The maximum atomic E-state index is 13.7. The molecule has 11 heteroatoms. The number of hydrogen-bond donors (Lipinski definition) is 3. The average Bonchev–Trinajstić information content (AvgIpc) is 3.47. The molecule has 38 heavy (non-hydrogen) atoms. The van der Waals surface area contributed by atoms with E-state index in [0.29, 0.717) is 16.0 Å². The maximum Gasteiger partial charge on any atom is 0.335 e. The van der Waals surface area contributed by atoms with Crippen LogP contribution < -0.4 is 10.1 Å². The van der Waals surface area contributed by atoms with Crippen LogP contribution >= 0.6 is 11.3 Å². The van der Waals surface area contributed by atoms with Gasteiger partial charge in [0.25, 0.3) is 5.91 Å². The summed E-state index contributed by atoms with van der Waals surface area (Å²) >= 11 is 1.11. The quantitative estimate of drug-likeness (QED) is 0.289. The van der Waals surface area contributed by atoms with Gasteiger partial charge in [-0.2, -0.15) is 0 Å². The van der Waals surface area contributed by atoms with Crippen molar-refractivity contribution in [2.24, 2.45) is 0 Å². The van der Waals surface area contributed by atoms with E-state index >= 15 is 0 Å². The third kappa shape index (κ3) is 5.69. The van der Waals surface area contributed by atoms with Crippen LogP contribution in [0.25, 0.3) is 10.2 Å². The number of aromatic amines is 1. The first-order chi connectivity index (χ1) is 18.3. The van der Waals surface area contributed by atoms with Crippen LogP contribution in [-0.2, 0) is 11.3 Å². The molecule has 1 atom stereocenters. The second kappa shape index (κ2) is 10.9. The van der Waals surface area contributed by atoms with Gasteiger partial charge >= 0.3 is 5.97 Å². The fourth-order valence-electron chi connectivity index (χ4n) is 4.26. The molecule has 1 aliphatic heterocycles. The van der Waals surface area contributed by atoms with Gasteiger partial charge in [0.1, 0.15) is 28.9 Å². The van der Waals surface area contributed by atoms with Gasteiger partial charge in [0, 0.05) is 31.4 Å². The lowest BCUT2D eigenvalue weighted by molar-refractivity contribution is 0.0342. The lowest BCUT2D eigenvalue weighted by Gasteiger charge is -2.26. The number of H-pyrrole nitrogens is 1. The number of morpholine rings is 1. The van der Waals surface area contributed by atoms with Gasteiger partial charge in [0.05, 0.1) is 23.5 Å². The molecule has 0 spiro atoms. The van der Waals surface area contributed by atoms with E-state index in [0.717, 1.165) is 55.8 Å². The zero-order valence-corrected chi connectivity index (χ0v) is 21.7. The Morgan fingerprint density at radius 2 is 1.97 bits per heavy atom. The van der Waals surface area contributed by atoms with Gasteiger partial charge in [-0.05, 0) is 37.1 Å². The van der Waals surface area contributed by atoms with Crippen LogP contribution in [0.5, 0.6) is 5.75 Å². The van der Waals surface area contributed by atoms with Crippen molar-refractivity contribution in [3.05, 3.63) is 76.4 Å². The molecule has 0 saturated carbocycles. The summed E-state index contributed by atoms with van der Waals surface area (Å²) in [7, 11) is 0. The van der Waals surface area contributed by atoms with E-state index in [9.17, 15) is 19.1 Å². The third-order valence-corrected chi connectivity index (χ3v) is 7.30. The molecule has 1 aliphatic rings. The first-order valence-electron chi connectivity index (χ1n) is 12.2. The van der Waals surface area contributed by atoms with Gasteiger partial charge in [-0.25, -0.2) is 14.2 Å². The summed E-state index contributed by atoms with van der Waals surface area (Å²) in [6, 6.07) is 12.2.